The number of carbonyl (C=O) groups is 1. The monoisotopic (exact) mass is 463 g/mol. The number of amides is 1. The molecule has 10 heteroatoms. The zero-order valence-corrected chi connectivity index (χ0v) is 16.9. The molecule has 0 bridgehead atoms. The molecule has 0 fully saturated rings. The fourth-order valence-electron chi connectivity index (χ4n) is 2.41. The van der Waals surface area contributed by atoms with E-state index in [1.807, 2.05) is 0 Å². The van der Waals surface area contributed by atoms with Crippen molar-refractivity contribution in [2.75, 3.05) is 6.61 Å². The number of rotatable bonds is 6. The predicted molar refractivity (Wildman–Crippen MR) is 111 cm³/mol. The first-order valence-electron chi connectivity index (χ1n) is 8.05. The molecule has 0 saturated carbocycles. The number of hydrogen-bond acceptors (Lipinski definition) is 7. The van der Waals surface area contributed by atoms with Crippen molar-refractivity contribution in [3.05, 3.63) is 61.4 Å². The average molecular weight is 464 g/mol. The first-order valence-corrected chi connectivity index (χ1v) is 9.66. The van der Waals surface area contributed by atoms with E-state index in [2.05, 4.69) is 26.5 Å². The third-order valence-electron chi connectivity index (χ3n) is 3.66. The molecule has 1 amide bonds. The maximum absolute atomic E-state index is 12.3. The molecule has 0 unspecified atom stereocenters. The summed E-state index contributed by atoms with van der Waals surface area (Å²) in [4.78, 5) is 23.1. The van der Waals surface area contributed by atoms with Crippen LogP contribution in [-0.2, 0) is 0 Å². The van der Waals surface area contributed by atoms with Gasteiger partial charge in [-0.25, -0.2) is 5.43 Å². The number of phenols is 1. The summed E-state index contributed by atoms with van der Waals surface area (Å²) < 4.78 is 6.55. The van der Waals surface area contributed by atoms with E-state index in [-0.39, 0.29) is 11.4 Å². The molecule has 1 heterocycles. The molecule has 0 spiro atoms. The summed E-state index contributed by atoms with van der Waals surface area (Å²) in [6, 6.07) is 9.25. The van der Waals surface area contributed by atoms with Crippen molar-refractivity contribution in [1.29, 1.82) is 0 Å². The molecule has 0 aliphatic rings. The van der Waals surface area contributed by atoms with E-state index in [1.165, 1.54) is 29.7 Å². The molecular formula is C18H14BrN3O5S. The molecule has 28 heavy (non-hydrogen) atoms. The minimum atomic E-state index is -0.479. The van der Waals surface area contributed by atoms with Crippen molar-refractivity contribution >= 4 is 55.2 Å². The molecular weight excluding hydrogens is 450 g/mol. The number of hydrazone groups is 1. The molecule has 2 N–H and O–H groups in total. The van der Waals surface area contributed by atoms with Gasteiger partial charge in [0.2, 0.25) is 0 Å². The second-order valence-corrected chi connectivity index (χ2v) is 7.51. The van der Waals surface area contributed by atoms with Crippen LogP contribution < -0.4 is 10.2 Å². The van der Waals surface area contributed by atoms with Gasteiger partial charge in [0.1, 0.15) is 0 Å². The van der Waals surface area contributed by atoms with Crippen LogP contribution in [0.3, 0.4) is 0 Å². The Morgan fingerprint density at radius 2 is 2.18 bits per heavy atom. The van der Waals surface area contributed by atoms with Gasteiger partial charge in [0.05, 0.1) is 27.1 Å². The number of hydrogen-bond donors (Lipinski definition) is 2. The van der Waals surface area contributed by atoms with E-state index in [0.717, 1.165) is 4.70 Å². The standard InChI is InChI=1S/C18H14BrN3O5S/c1-2-27-14-6-10(5-13(19)17(14)23)9-20-21-18(24)16-8-11-7-12(22(25)26)3-4-15(11)28-16/h3-9,23H,2H2,1H3,(H,21,24)/b20-9-. The minimum absolute atomic E-state index is 0.0117. The van der Waals surface area contributed by atoms with Gasteiger partial charge in [0.15, 0.2) is 11.5 Å². The van der Waals surface area contributed by atoms with Crippen molar-refractivity contribution in [2.45, 2.75) is 6.92 Å². The third kappa shape index (κ3) is 4.29. The number of nitro benzene ring substituents is 1. The molecule has 8 nitrogen and oxygen atoms in total. The van der Waals surface area contributed by atoms with Gasteiger partial charge in [-0.1, -0.05) is 0 Å². The summed E-state index contributed by atoms with van der Waals surface area (Å²) in [5, 5.41) is 25.3. The quantitative estimate of drug-likeness (QED) is 0.318. The highest BCUT2D eigenvalue weighted by atomic mass is 79.9. The first-order chi connectivity index (χ1) is 13.4. The Morgan fingerprint density at radius 1 is 1.39 bits per heavy atom. The number of halogens is 1. The van der Waals surface area contributed by atoms with Gasteiger partial charge in [-0.15, -0.1) is 11.3 Å². The van der Waals surface area contributed by atoms with E-state index in [9.17, 15) is 20.0 Å². The van der Waals surface area contributed by atoms with Crippen LogP contribution in [0.5, 0.6) is 11.5 Å². The largest absolute Gasteiger partial charge is 0.503 e. The van der Waals surface area contributed by atoms with Crippen molar-refractivity contribution in [3.8, 4) is 11.5 Å². The molecule has 0 atom stereocenters. The van der Waals surface area contributed by atoms with E-state index < -0.39 is 10.8 Å². The van der Waals surface area contributed by atoms with Gasteiger partial charge in [-0.3, -0.25) is 14.9 Å². The second-order valence-electron chi connectivity index (χ2n) is 5.57. The highest BCUT2D eigenvalue weighted by Gasteiger charge is 2.13. The SMILES string of the molecule is CCOc1cc(/C=N\NC(=O)c2cc3cc([N+](=O)[O-])ccc3s2)cc(Br)c1O. The molecule has 3 aromatic rings. The molecule has 0 aliphatic carbocycles. The number of non-ortho nitro benzene ring substituents is 1. The summed E-state index contributed by atoms with van der Waals surface area (Å²) >= 11 is 4.45. The van der Waals surface area contributed by atoms with Gasteiger partial charge in [0.25, 0.3) is 11.6 Å². The van der Waals surface area contributed by atoms with Crippen LogP contribution in [0.4, 0.5) is 5.69 Å². The summed E-state index contributed by atoms with van der Waals surface area (Å²) in [5.74, 6) is -0.138. The van der Waals surface area contributed by atoms with Crippen LogP contribution in [0.1, 0.15) is 22.2 Å². The first kappa shape index (κ1) is 19.8. The zero-order chi connectivity index (χ0) is 20.3. The fourth-order valence-corrected chi connectivity index (χ4v) is 3.80. The maximum Gasteiger partial charge on any atom is 0.281 e. The number of aromatic hydroxyl groups is 1. The van der Waals surface area contributed by atoms with Crippen molar-refractivity contribution in [2.24, 2.45) is 5.10 Å². The Kier molecular flexibility index (Phi) is 5.90. The van der Waals surface area contributed by atoms with Crippen molar-refractivity contribution in [1.82, 2.24) is 5.43 Å². The summed E-state index contributed by atoms with van der Waals surface area (Å²) in [6.07, 6.45) is 1.42. The highest BCUT2D eigenvalue weighted by Crippen LogP contribution is 2.35. The van der Waals surface area contributed by atoms with Gasteiger partial charge >= 0.3 is 0 Å². The second kappa shape index (κ2) is 8.36. The number of ether oxygens (including phenoxy) is 1. The van der Waals surface area contributed by atoms with E-state index in [1.54, 1.807) is 31.2 Å². The van der Waals surface area contributed by atoms with Gasteiger partial charge in [-0.2, -0.15) is 5.10 Å². The topological polar surface area (TPSA) is 114 Å². The lowest BCUT2D eigenvalue weighted by atomic mass is 10.2. The number of thiophene rings is 1. The van der Waals surface area contributed by atoms with Gasteiger partial charge in [-0.05, 0) is 52.7 Å². The van der Waals surface area contributed by atoms with Crippen LogP contribution in [-0.4, -0.2) is 28.8 Å². The number of nitrogens with zero attached hydrogens (tertiary/aromatic N) is 2. The number of phenolic OH excluding ortho intramolecular Hbond substituents is 1. The van der Waals surface area contributed by atoms with Gasteiger partial charge in [0, 0.05) is 22.2 Å². The number of nitrogens with one attached hydrogen (secondary N) is 1. The number of nitro groups is 1. The summed E-state index contributed by atoms with van der Waals surface area (Å²) in [5.41, 5.74) is 3.00. The third-order valence-corrected chi connectivity index (χ3v) is 5.38. The van der Waals surface area contributed by atoms with Gasteiger partial charge < -0.3 is 9.84 Å². The van der Waals surface area contributed by atoms with E-state index >= 15 is 0 Å². The smallest absolute Gasteiger partial charge is 0.281 e. The molecule has 0 radical (unpaired) electrons. The van der Waals surface area contributed by atoms with Crippen LogP contribution >= 0.6 is 27.3 Å². The minimum Gasteiger partial charge on any atom is -0.503 e. The molecule has 1 aromatic heterocycles. The lowest BCUT2D eigenvalue weighted by molar-refractivity contribution is -0.384. The summed E-state index contributed by atoms with van der Waals surface area (Å²) in [6.45, 7) is 2.19. The zero-order valence-electron chi connectivity index (χ0n) is 14.5. The molecule has 3 rings (SSSR count). The van der Waals surface area contributed by atoms with E-state index in [0.29, 0.717) is 32.7 Å². The summed E-state index contributed by atoms with van der Waals surface area (Å²) in [7, 11) is 0. The van der Waals surface area contributed by atoms with E-state index in [4.69, 9.17) is 4.74 Å². The molecule has 144 valence electrons. The molecule has 0 aliphatic heterocycles. The van der Waals surface area contributed by atoms with Crippen LogP contribution in [0.15, 0.2) is 46.0 Å². The van der Waals surface area contributed by atoms with Crippen molar-refractivity contribution < 1.29 is 19.6 Å². The Labute approximate surface area is 171 Å². The highest BCUT2D eigenvalue weighted by molar-refractivity contribution is 9.10. The number of benzene rings is 2. The van der Waals surface area contributed by atoms with Crippen LogP contribution in [0, 0.1) is 10.1 Å². The lowest BCUT2D eigenvalue weighted by Crippen LogP contribution is -2.16. The maximum atomic E-state index is 12.3. The van der Waals surface area contributed by atoms with Crippen molar-refractivity contribution in [3.63, 3.8) is 0 Å². The molecule has 2 aromatic carbocycles. The Morgan fingerprint density at radius 3 is 2.89 bits per heavy atom. The Balaban J connectivity index is 1.75. The Hall–Kier alpha value is -2.98. The number of fused-ring (bicyclic) bond motifs is 1. The van der Waals surface area contributed by atoms with Crippen LogP contribution in [0.2, 0.25) is 0 Å². The molecule has 0 saturated heterocycles. The fraction of sp³-hybridized carbons (Fsp3) is 0.111. The lowest BCUT2D eigenvalue weighted by Gasteiger charge is -2.08. The number of carbonyl (C=O) groups excluding carboxylic acids is 1. The average Bonchev–Trinajstić information content (AvgIpc) is 3.09. The van der Waals surface area contributed by atoms with Crippen LogP contribution in [0.25, 0.3) is 10.1 Å². The Bertz CT molecular complexity index is 1100. The predicted octanol–water partition coefficient (Wildman–Crippen LogP) is 4.44. The normalized spacial score (nSPS) is 11.1.